The molecule has 0 unspecified atom stereocenters. The Balaban J connectivity index is 1.80. The third-order valence-electron chi connectivity index (χ3n) is 2.56. The highest BCUT2D eigenvalue weighted by molar-refractivity contribution is 7.99. The minimum absolute atomic E-state index is 0.241. The maximum absolute atomic E-state index is 10.7. The smallest absolute Gasteiger partial charge is 0.335 e. The maximum Gasteiger partial charge on any atom is 0.335 e. The zero-order chi connectivity index (χ0) is 15.2. The van der Waals surface area contributed by atoms with E-state index in [4.69, 9.17) is 33.0 Å². The summed E-state index contributed by atoms with van der Waals surface area (Å²) >= 11 is 13.4. The lowest BCUT2D eigenvalue weighted by Gasteiger charge is -2.07. The zero-order valence-corrected chi connectivity index (χ0v) is 13.2. The lowest BCUT2D eigenvalue weighted by molar-refractivity contribution is 0.0697. The van der Waals surface area contributed by atoms with E-state index in [1.807, 2.05) is 12.1 Å². The molecule has 0 spiro atoms. The molecule has 0 fully saturated rings. The Morgan fingerprint density at radius 2 is 1.71 bits per heavy atom. The van der Waals surface area contributed by atoms with Crippen LogP contribution in [0.1, 0.15) is 10.4 Å². The predicted octanol–water partition coefficient (Wildman–Crippen LogP) is 4.86. The molecule has 0 radical (unpaired) electrons. The summed E-state index contributed by atoms with van der Waals surface area (Å²) in [6.45, 7) is 0.501. The maximum atomic E-state index is 10.7. The van der Waals surface area contributed by atoms with Gasteiger partial charge in [0, 0.05) is 20.7 Å². The van der Waals surface area contributed by atoms with Crippen molar-refractivity contribution in [2.45, 2.75) is 4.90 Å². The monoisotopic (exact) mass is 342 g/mol. The second-order valence-electron chi connectivity index (χ2n) is 4.13. The molecule has 3 nitrogen and oxygen atoms in total. The van der Waals surface area contributed by atoms with Gasteiger partial charge in [0.05, 0.1) is 12.2 Å². The van der Waals surface area contributed by atoms with Crippen molar-refractivity contribution >= 4 is 40.9 Å². The Kier molecular flexibility index (Phi) is 5.79. The van der Waals surface area contributed by atoms with Crippen LogP contribution in [0.15, 0.2) is 47.4 Å². The van der Waals surface area contributed by atoms with E-state index in [0.29, 0.717) is 22.4 Å². The molecule has 0 saturated heterocycles. The summed E-state index contributed by atoms with van der Waals surface area (Å²) in [5, 5.41) is 10.0. The van der Waals surface area contributed by atoms with Crippen LogP contribution in [-0.2, 0) is 0 Å². The average Bonchev–Trinajstić information content (AvgIpc) is 2.43. The molecular weight excluding hydrogens is 331 g/mol. The molecule has 0 atom stereocenters. The normalized spacial score (nSPS) is 10.4. The fraction of sp³-hybridized carbons (Fsp3) is 0.133. The van der Waals surface area contributed by atoms with Gasteiger partial charge >= 0.3 is 5.97 Å². The number of hydrogen-bond acceptors (Lipinski definition) is 3. The quantitative estimate of drug-likeness (QED) is 0.601. The summed E-state index contributed by atoms with van der Waals surface area (Å²) in [6.07, 6.45) is 0. The molecular formula is C15H12Cl2O3S. The molecule has 0 aromatic heterocycles. The fourth-order valence-electron chi connectivity index (χ4n) is 1.62. The number of aromatic carboxylic acids is 1. The van der Waals surface area contributed by atoms with Crippen LogP contribution in [0.25, 0.3) is 0 Å². The highest BCUT2D eigenvalue weighted by Gasteiger charge is 2.03. The van der Waals surface area contributed by atoms with Crippen molar-refractivity contribution in [2.24, 2.45) is 0 Å². The standard InChI is InChI=1S/C15H12Cl2O3S/c16-11-7-12(17)9-14(8-11)21-6-5-20-13-3-1-10(2-4-13)15(18)19/h1-4,7-9H,5-6H2,(H,18,19). The molecule has 0 heterocycles. The predicted molar refractivity (Wildman–Crippen MR) is 86.1 cm³/mol. The van der Waals surface area contributed by atoms with Crippen molar-refractivity contribution in [1.82, 2.24) is 0 Å². The molecule has 0 saturated carbocycles. The van der Waals surface area contributed by atoms with Gasteiger partial charge in [-0.15, -0.1) is 11.8 Å². The van der Waals surface area contributed by atoms with Crippen LogP contribution < -0.4 is 4.74 Å². The minimum Gasteiger partial charge on any atom is -0.493 e. The Morgan fingerprint density at radius 3 is 2.29 bits per heavy atom. The van der Waals surface area contributed by atoms with Crippen molar-refractivity contribution in [2.75, 3.05) is 12.4 Å². The van der Waals surface area contributed by atoms with Crippen molar-refractivity contribution in [3.05, 3.63) is 58.1 Å². The van der Waals surface area contributed by atoms with Gasteiger partial charge in [-0.3, -0.25) is 0 Å². The highest BCUT2D eigenvalue weighted by Crippen LogP contribution is 2.26. The summed E-state index contributed by atoms with van der Waals surface area (Å²) in [5.74, 6) is 0.428. The molecule has 0 aliphatic heterocycles. The number of ether oxygens (including phenoxy) is 1. The Labute approximate surface area is 136 Å². The molecule has 0 amide bonds. The molecule has 2 aromatic carbocycles. The third-order valence-corrected chi connectivity index (χ3v) is 3.93. The zero-order valence-electron chi connectivity index (χ0n) is 10.9. The Morgan fingerprint density at radius 1 is 1.10 bits per heavy atom. The first-order chi connectivity index (χ1) is 10.0. The van der Waals surface area contributed by atoms with Gasteiger partial charge < -0.3 is 9.84 Å². The topological polar surface area (TPSA) is 46.5 Å². The molecule has 110 valence electrons. The second kappa shape index (κ2) is 7.59. The van der Waals surface area contributed by atoms with E-state index in [0.717, 1.165) is 10.6 Å². The van der Waals surface area contributed by atoms with Crippen molar-refractivity contribution in [3.8, 4) is 5.75 Å². The number of carboxylic acid groups (broad SMARTS) is 1. The number of rotatable bonds is 6. The molecule has 0 aliphatic rings. The van der Waals surface area contributed by atoms with Gasteiger partial charge in [0.15, 0.2) is 0 Å². The number of carbonyl (C=O) groups is 1. The van der Waals surface area contributed by atoms with Crippen LogP contribution in [0.2, 0.25) is 10.0 Å². The van der Waals surface area contributed by atoms with E-state index in [2.05, 4.69) is 0 Å². The van der Waals surface area contributed by atoms with Gasteiger partial charge in [-0.1, -0.05) is 23.2 Å². The van der Waals surface area contributed by atoms with E-state index < -0.39 is 5.97 Å². The van der Waals surface area contributed by atoms with Gasteiger partial charge in [0.25, 0.3) is 0 Å². The van der Waals surface area contributed by atoms with E-state index in [1.165, 1.54) is 12.1 Å². The van der Waals surface area contributed by atoms with Crippen molar-refractivity contribution in [1.29, 1.82) is 0 Å². The first-order valence-electron chi connectivity index (χ1n) is 6.09. The van der Waals surface area contributed by atoms with E-state index in [9.17, 15) is 4.79 Å². The highest BCUT2D eigenvalue weighted by atomic mass is 35.5. The lowest BCUT2D eigenvalue weighted by atomic mass is 10.2. The fourth-order valence-corrected chi connectivity index (χ4v) is 3.10. The van der Waals surface area contributed by atoms with Crippen LogP contribution in [0, 0.1) is 0 Å². The second-order valence-corrected chi connectivity index (χ2v) is 6.17. The van der Waals surface area contributed by atoms with Gasteiger partial charge in [0.2, 0.25) is 0 Å². The van der Waals surface area contributed by atoms with Crippen LogP contribution in [0.4, 0.5) is 0 Å². The number of benzene rings is 2. The van der Waals surface area contributed by atoms with Gasteiger partial charge in [-0.2, -0.15) is 0 Å². The van der Waals surface area contributed by atoms with E-state index >= 15 is 0 Å². The summed E-state index contributed by atoms with van der Waals surface area (Å²) in [6, 6.07) is 11.7. The van der Waals surface area contributed by atoms with Crippen molar-refractivity contribution in [3.63, 3.8) is 0 Å². The Bertz CT molecular complexity index is 609. The molecule has 1 N–H and O–H groups in total. The summed E-state index contributed by atoms with van der Waals surface area (Å²) in [5.41, 5.74) is 0.241. The number of hydrogen-bond donors (Lipinski definition) is 1. The van der Waals surface area contributed by atoms with Crippen LogP contribution >= 0.6 is 35.0 Å². The summed E-state index contributed by atoms with van der Waals surface area (Å²) < 4.78 is 5.54. The molecule has 0 aliphatic carbocycles. The Hall–Kier alpha value is -1.36. The average molecular weight is 343 g/mol. The lowest BCUT2D eigenvalue weighted by Crippen LogP contribution is -2.01. The summed E-state index contributed by atoms with van der Waals surface area (Å²) in [4.78, 5) is 11.7. The van der Waals surface area contributed by atoms with Gasteiger partial charge in [-0.25, -0.2) is 4.79 Å². The number of carboxylic acids is 1. The van der Waals surface area contributed by atoms with Gasteiger partial charge in [-0.05, 0) is 42.5 Å². The largest absolute Gasteiger partial charge is 0.493 e. The van der Waals surface area contributed by atoms with E-state index in [-0.39, 0.29) is 5.56 Å². The molecule has 2 rings (SSSR count). The van der Waals surface area contributed by atoms with Crippen LogP contribution in [0.3, 0.4) is 0 Å². The minimum atomic E-state index is -0.949. The third kappa shape index (κ3) is 5.16. The molecule has 0 bridgehead atoms. The van der Waals surface area contributed by atoms with Crippen LogP contribution in [0.5, 0.6) is 5.75 Å². The molecule has 2 aromatic rings. The van der Waals surface area contributed by atoms with Gasteiger partial charge in [0.1, 0.15) is 5.75 Å². The van der Waals surface area contributed by atoms with Crippen LogP contribution in [-0.4, -0.2) is 23.4 Å². The number of halogens is 2. The first-order valence-corrected chi connectivity index (χ1v) is 7.84. The molecule has 21 heavy (non-hydrogen) atoms. The van der Waals surface area contributed by atoms with Crippen molar-refractivity contribution < 1.29 is 14.6 Å². The van der Waals surface area contributed by atoms with E-state index in [1.54, 1.807) is 30.0 Å². The summed E-state index contributed by atoms with van der Waals surface area (Å²) in [7, 11) is 0. The first kappa shape index (κ1) is 16.0. The number of thioether (sulfide) groups is 1. The SMILES string of the molecule is O=C(O)c1ccc(OCCSc2cc(Cl)cc(Cl)c2)cc1. The molecule has 6 heteroatoms.